The summed E-state index contributed by atoms with van der Waals surface area (Å²) in [4.78, 5) is 4.19. The van der Waals surface area contributed by atoms with Crippen LogP contribution in [0, 0.1) is 5.92 Å². The lowest BCUT2D eigenvalue weighted by Crippen LogP contribution is -2.43. The van der Waals surface area contributed by atoms with E-state index in [1.54, 1.807) is 7.05 Å². The van der Waals surface area contributed by atoms with E-state index in [2.05, 4.69) is 15.6 Å². The Morgan fingerprint density at radius 2 is 2.06 bits per heavy atom. The van der Waals surface area contributed by atoms with E-state index < -0.39 is 0 Å². The molecule has 3 N–H and O–H groups in total. The number of aliphatic hydroxyl groups excluding tert-OH is 1. The molecular weight excluding hydrogens is 230 g/mol. The van der Waals surface area contributed by atoms with Gasteiger partial charge in [0.2, 0.25) is 0 Å². The lowest BCUT2D eigenvalue weighted by Gasteiger charge is -2.19. The minimum absolute atomic E-state index is 0.145. The van der Waals surface area contributed by atoms with Gasteiger partial charge in [0, 0.05) is 32.7 Å². The van der Waals surface area contributed by atoms with E-state index in [-0.39, 0.29) is 6.10 Å². The van der Waals surface area contributed by atoms with Crippen LogP contribution in [0.1, 0.15) is 32.1 Å². The highest BCUT2D eigenvalue weighted by Gasteiger charge is 2.25. The van der Waals surface area contributed by atoms with Crippen LogP contribution in [0.15, 0.2) is 4.99 Å². The molecule has 1 saturated carbocycles. The van der Waals surface area contributed by atoms with Crippen molar-refractivity contribution in [2.24, 2.45) is 10.9 Å². The molecule has 18 heavy (non-hydrogen) atoms. The van der Waals surface area contributed by atoms with Crippen molar-refractivity contribution in [2.75, 3.05) is 26.7 Å². The number of guanidine groups is 1. The van der Waals surface area contributed by atoms with E-state index in [4.69, 9.17) is 4.74 Å². The molecule has 3 unspecified atom stereocenters. The van der Waals surface area contributed by atoms with E-state index >= 15 is 0 Å². The van der Waals surface area contributed by atoms with Gasteiger partial charge in [-0.2, -0.15) is 0 Å². The number of nitrogens with zero attached hydrogens (tertiary/aromatic N) is 1. The summed E-state index contributed by atoms with van der Waals surface area (Å²) in [5.41, 5.74) is 0. The molecule has 3 atom stereocenters. The fourth-order valence-corrected chi connectivity index (χ4v) is 2.72. The van der Waals surface area contributed by atoms with Crippen molar-refractivity contribution in [3.05, 3.63) is 0 Å². The van der Waals surface area contributed by atoms with E-state index in [0.29, 0.717) is 12.0 Å². The highest BCUT2D eigenvalue weighted by atomic mass is 16.5. The fourth-order valence-electron chi connectivity index (χ4n) is 2.72. The van der Waals surface area contributed by atoms with Crippen LogP contribution in [0.3, 0.4) is 0 Å². The number of rotatable bonds is 4. The monoisotopic (exact) mass is 255 g/mol. The zero-order valence-electron chi connectivity index (χ0n) is 11.2. The molecule has 1 aliphatic heterocycles. The average Bonchev–Trinajstić information content (AvgIpc) is 3.01. The summed E-state index contributed by atoms with van der Waals surface area (Å²) in [6, 6.07) is 0. The smallest absolute Gasteiger partial charge is 0.191 e. The van der Waals surface area contributed by atoms with Gasteiger partial charge in [0.1, 0.15) is 0 Å². The Balaban J connectivity index is 1.65. The molecule has 0 spiro atoms. The van der Waals surface area contributed by atoms with Crippen molar-refractivity contribution in [3.63, 3.8) is 0 Å². The van der Waals surface area contributed by atoms with Gasteiger partial charge >= 0.3 is 0 Å². The molecule has 0 aromatic rings. The molecule has 2 fully saturated rings. The number of hydrogen-bond donors (Lipinski definition) is 3. The second-order valence-corrected chi connectivity index (χ2v) is 5.23. The van der Waals surface area contributed by atoms with Gasteiger partial charge in [0.25, 0.3) is 0 Å². The molecule has 0 aromatic carbocycles. The molecule has 1 aliphatic carbocycles. The molecule has 5 nitrogen and oxygen atoms in total. The summed E-state index contributed by atoms with van der Waals surface area (Å²) in [7, 11) is 1.77. The number of aliphatic hydroxyl groups is 1. The fraction of sp³-hybridized carbons (Fsp3) is 0.923. The van der Waals surface area contributed by atoms with Gasteiger partial charge in [0.15, 0.2) is 5.96 Å². The molecule has 0 radical (unpaired) electrons. The first kappa shape index (κ1) is 13.6. The lowest BCUT2D eigenvalue weighted by atomic mass is 10.1. The van der Waals surface area contributed by atoms with Crippen LogP contribution >= 0.6 is 0 Å². The Hall–Kier alpha value is -0.810. The molecule has 2 rings (SSSR count). The predicted molar refractivity (Wildman–Crippen MR) is 71.7 cm³/mol. The summed E-state index contributed by atoms with van der Waals surface area (Å²) in [5, 5.41) is 16.3. The molecule has 0 amide bonds. The Morgan fingerprint density at radius 1 is 1.22 bits per heavy atom. The van der Waals surface area contributed by atoms with Crippen LogP contribution in [0.5, 0.6) is 0 Å². The Bertz CT molecular complexity index is 277. The van der Waals surface area contributed by atoms with Crippen molar-refractivity contribution in [3.8, 4) is 0 Å². The maximum atomic E-state index is 9.76. The van der Waals surface area contributed by atoms with E-state index in [0.717, 1.165) is 57.8 Å². The van der Waals surface area contributed by atoms with Crippen LogP contribution in [0.2, 0.25) is 0 Å². The Labute approximate surface area is 109 Å². The third-order valence-corrected chi connectivity index (χ3v) is 3.90. The summed E-state index contributed by atoms with van der Waals surface area (Å²) < 4.78 is 5.56. The standard InChI is InChI=1S/C13H25N3O2/c1-14-13(16-9-11-5-3-7-18-11)15-8-10-4-2-6-12(10)17/h10-12,17H,2-9H2,1H3,(H2,14,15,16). The van der Waals surface area contributed by atoms with Gasteiger partial charge in [-0.1, -0.05) is 6.42 Å². The molecule has 0 bridgehead atoms. The average molecular weight is 255 g/mol. The summed E-state index contributed by atoms with van der Waals surface area (Å²) in [5.74, 6) is 1.18. The summed E-state index contributed by atoms with van der Waals surface area (Å²) in [6.07, 6.45) is 5.65. The second-order valence-electron chi connectivity index (χ2n) is 5.23. The predicted octanol–water partition coefficient (Wildman–Crippen LogP) is 0.491. The SMILES string of the molecule is CN=C(NCC1CCCO1)NCC1CCCC1O. The zero-order valence-corrected chi connectivity index (χ0v) is 11.2. The Kier molecular flexibility index (Phi) is 5.26. The highest BCUT2D eigenvalue weighted by molar-refractivity contribution is 5.79. The zero-order chi connectivity index (χ0) is 12.8. The minimum Gasteiger partial charge on any atom is -0.393 e. The number of aliphatic imine (C=N–C) groups is 1. The van der Waals surface area contributed by atoms with Gasteiger partial charge < -0.3 is 20.5 Å². The molecule has 104 valence electrons. The van der Waals surface area contributed by atoms with Crippen molar-refractivity contribution < 1.29 is 9.84 Å². The molecule has 0 aromatic heterocycles. The van der Waals surface area contributed by atoms with Crippen LogP contribution in [0.25, 0.3) is 0 Å². The van der Waals surface area contributed by atoms with Gasteiger partial charge in [-0.3, -0.25) is 4.99 Å². The molecule has 1 saturated heterocycles. The van der Waals surface area contributed by atoms with Crippen molar-refractivity contribution in [1.82, 2.24) is 10.6 Å². The number of nitrogens with one attached hydrogen (secondary N) is 2. The van der Waals surface area contributed by atoms with Gasteiger partial charge in [-0.05, 0) is 25.7 Å². The molecule has 2 aliphatic rings. The quantitative estimate of drug-likeness (QED) is 0.505. The maximum absolute atomic E-state index is 9.76. The van der Waals surface area contributed by atoms with Gasteiger partial charge in [-0.15, -0.1) is 0 Å². The van der Waals surface area contributed by atoms with Crippen LogP contribution in [-0.2, 0) is 4.74 Å². The van der Waals surface area contributed by atoms with Gasteiger partial charge in [-0.25, -0.2) is 0 Å². The van der Waals surface area contributed by atoms with E-state index in [1.165, 1.54) is 0 Å². The van der Waals surface area contributed by atoms with Crippen LogP contribution in [-0.4, -0.2) is 50.0 Å². The summed E-state index contributed by atoms with van der Waals surface area (Å²) in [6.45, 7) is 2.49. The van der Waals surface area contributed by atoms with E-state index in [1.807, 2.05) is 0 Å². The first-order chi connectivity index (χ1) is 8.79. The van der Waals surface area contributed by atoms with Crippen molar-refractivity contribution in [2.45, 2.75) is 44.3 Å². The minimum atomic E-state index is -0.145. The molecule has 1 heterocycles. The number of hydrogen-bond acceptors (Lipinski definition) is 3. The van der Waals surface area contributed by atoms with Crippen LogP contribution in [0.4, 0.5) is 0 Å². The lowest BCUT2D eigenvalue weighted by molar-refractivity contribution is 0.113. The first-order valence-electron chi connectivity index (χ1n) is 7.04. The molecule has 5 heteroatoms. The maximum Gasteiger partial charge on any atom is 0.191 e. The largest absolute Gasteiger partial charge is 0.393 e. The summed E-state index contributed by atoms with van der Waals surface area (Å²) >= 11 is 0. The third-order valence-electron chi connectivity index (χ3n) is 3.90. The van der Waals surface area contributed by atoms with Crippen LogP contribution < -0.4 is 10.6 Å². The number of ether oxygens (including phenoxy) is 1. The third kappa shape index (κ3) is 3.85. The van der Waals surface area contributed by atoms with Crippen molar-refractivity contribution >= 4 is 5.96 Å². The van der Waals surface area contributed by atoms with Gasteiger partial charge in [0.05, 0.1) is 12.2 Å². The Morgan fingerprint density at radius 3 is 2.67 bits per heavy atom. The molecular formula is C13H25N3O2. The topological polar surface area (TPSA) is 65.9 Å². The highest BCUT2D eigenvalue weighted by Crippen LogP contribution is 2.24. The van der Waals surface area contributed by atoms with E-state index in [9.17, 15) is 5.11 Å². The normalized spacial score (nSPS) is 32.8. The first-order valence-corrected chi connectivity index (χ1v) is 7.04. The van der Waals surface area contributed by atoms with Crippen molar-refractivity contribution in [1.29, 1.82) is 0 Å². The second kappa shape index (κ2) is 6.95.